The molecule has 0 radical (unpaired) electrons. The summed E-state index contributed by atoms with van der Waals surface area (Å²) < 4.78 is 0. The lowest BCUT2D eigenvalue weighted by Gasteiger charge is -2.39. The summed E-state index contributed by atoms with van der Waals surface area (Å²) in [6.07, 6.45) is 0. The number of nitrogens with zero attached hydrogens (tertiary/aromatic N) is 2. The maximum Gasteiger partial charge on any atom is 0.257 e. The Balaban J connectivity index is 2.22. The number of carbonyl (C=O) groups excluding carboxylic acids is 1. The van der Waals surface area contributed by atoms with Gasteiger partial charge in [-0.25, -0.2) is 0 Å². The molecule has 1 fully saturated rings. The molecule has 1 aromatic carbocycles. The second-order valence-corrected chi connectivity index (χ2v) is 5.17. The van der Waals surface area contributed by atoms with E-state index in [1.165, 1.54) is 0 Å². The van der Waals surface area contributed by atoms with Crippen LogP contribution in [0.4, 0.5) is 0 Å². The molecule has 0 aliphatic carbocycles. The van der Waals surface area contributed by atoms with Crippen molar-refractivity contribution in [1.29, 1.82) is 0 Å². The van der Waals surface area contributed by atoms with Crippen LogP contribution in [0, 0.1) is 6.92 Å². The van der Waals surface area contributed by atoms with E-state index in [4.69, 9.17) is 5.73 Å². The van der Waals surface area contributed by atoms with Crippen molar-refractivity contribution in [2.45, 2.75) is 13.0 Å². The number of piperazine rings is 1. The quantitative estimate of drug-likeness (QED) is 0.811. The van der Waals surface area contributed by atoms with Gasteiger partial charge in [0, 0.05) is 26.2 Å². The number of phenols is 1. The molecular formula is C14H21N3O2. The van der Waals surface area contributed by atoms with E-state index in [-0.39, 0.29) is 17.7 Å². The number of carbonyl (C=O) groups is 1. The normalized spacial score (nSPS) is 20.6. The molecule has 3 N–H and O–H groups in total. The van der Waals surface area contributed by atoms with Crippen LogP contribution in [0.5, 0.6) is 5.75 Å². The first-order valence-corrected chi connectivity index (χ1v) is 6.52. The molecular weight excluding hydrogens is 242 g/mol. The molecule has 19 heavy (non-hydrogen) atoms. The lowest BCUT2D eigenvalue weighted by atomic mass is 10.1. The van der Waals surface area contributed by atoms with Crippen molar-refractivity contribution in [2.24, 2.45) is 5.73 Å². The van der Waals surface area contributed by atoms with Crippen LogP contribution < -0.4 is 5.73 Å². The number of likely N-dealkylation sites (N-methyl/N-ethyl adjacent to an activating group) is 1. The van der Waals surface area contributed by atoms with Gasteiger partial charge in [0.05, 0.1) is 11.6 Å². The molecule has 1 heterocycles. The van der Waals surface area contributed by atoms with Gasteiger partial charge in [-0.2, -0.15) is 0 Å². The summed E-state index contributed by atoms with van der Waals surface area (Å²) >= 11 is 0. The Morgan fingerprint density at radius 2 is 2.21 bits per heavy atom. The van der Waals surface area contributed by atoms with Crippen LogP contribution in [0.3, 0.4) is 0 Å². The first kappa shape index (κ1) is 13.8. The second kappa shape index (κ2) is 5.59. The number of aryl methyl sites for hydroxylation is 1. The Morgan fingerprint density at radius 1 is 1.47 bits per heavy atom. The molecule has 0 bridgehead atoms. The number of amides is 1. The minimum atomic E-state index is -0.138. The number of hydrogen-bond donors (Lipinski definition) is 2. The Bertz CT molecular complexity index is 476. The van der Waals surface area contributed by atoms with Crippen LogP contribution in [0.1, 0.15) is 15.9 Å². The number of nitrogens with two attached hydrogens (primary N) is 1. The third-order valence-electron chi connectivity index (χ3n) is 3.60. The van der Waals surface area contributed by atoms with Crippen LogP contribution in [-0.4, -0.2) is 60.1 Å². The van der Waals surface area contributed by atoms with Crippen LogP contribution in [0.2, 0.25) is 0 Å². The number of rotatable bonds is 2. The highest BCUT2D eigenvalue weighted by Gasteiger charge is 2.29. The molecule has 1 aliphatic heterocycles. The zero-order chi connectivity index (χ0) is 14.0. The van der Waals surface area contributed by atoms with Gasteiger partial charge in [-0.05, 0) is 31.7 Å². The monoisotopic (exact) mass is 263 g/mol. The largest absolute Gasteiger partial charge is 0.507 e. The highest BCUT2D eigenvalue weighted by molar-refractivity contribution is 5.97. The molecule has 104 valence electrons. The number of phenolic OH excluding ortho intramolecular Hbond substituents is 1. The van der Waals surface area contributed by atoms with Crippen molar-refractivity contribution >= 4 is 5.91 Å². The minimum absolute atomic E-state index is 0.00644. The van der Waals surface area contributed by atoms with Crippen LogP contribution in [-0.2, 0) is 0 Å². The lowest BCUT2D eigenvalue weighted by molar-refractivity contribution is 0.0513. The smallest absolute Gasteiger partial charge is 0.257 e. The van der Waals surface area contributed by atoms with Crippen LogP contribution >= 0.6 is 0 Å². The third-order valence-corrected chi connectivity index (χ3v) is 3.60. The SMILES string of the molecule is Cc1ccc(C(=O)N2CCN(C)CC2CN)c(O)c1. The molecule has 1 saturated heterocycles. The third kappa shape index (κ3) is 2.88. The molecule has 2 rings (SSSR count). The van der Waals surface area contributed by atoms with Crippen molar-refractivity contribution in [3.63, 3.8) is 0 Å². The minimum Gasteiger partial charge on any atom is -0.507 e. The van der Waals surface area contributed by atoms with Gasteiger partial charge in [0.2, 0.25) is 0 Å². The second-order valence-electron chi connectivity index (χ2n) is 5.17. The van der Waals surface area contributed by atoms with E-state index in [0.717, 1.165) is 18.7 Å². The van der Waals surface area contributed by atoms with Crippen molar-refractivity contribution in [3.8, 4) is 5.75 Å². The number of hydrogen-bond acceptors (Lipinski definition) is 4. The summed E-state index contributed by atoms with van der Waals surface area (Å²) in [5.74, 6) is -0.0965. The molecule has 0 spiro atoms. The molecule has 1 amide bonds. The lowest BCUT2D eigenvalue weighted by Crippen LogP contribution is -2.56. The molecule has 1 aromatic rings. The van der Waals surface area contributed by atoms with E-state index in [1.807, 2.05) is 20.0 Å². The van der Waals surface area contributed by atoms with Crippen molar-refractivity contribution in [1.82, 2.24) is 9.80 Å². The standard InChI is InChI=1S/C14H21N3O2/c1-10-3-4-12(13(18)7-10)14(19)17-6-5-16(2)9-11(17)8-15/h3-4,7,11,18H,5-6,8-9,15H2,1-2H3. The molecule has 1 aliphatic rings. The van der Waals surface area contributed by atoms with Gasteiger partial charge in [-0.1, -0.05) is 6.07 Å². The van der Waals surface area contributed by atoms with Gasteiger partial charge < -0.3 is 20.6 Å². The summed E-state index contributed by atoms with van der Waals surface area (Å²) in [4.78, 5) is 16.4. The van der Waals surface area contributed by atoms with E-state index in [9.17, 15) is 9.90 Å². The average Bonchev–Trinajstić information content (AvgIpc) is 2.37. The van der Waals surface area contributed by atoms with E-state index in [2.05, 4.69) is 4.90 Å². The van der Waals surface area contributed by atoms with Crippen LogP contribution in [0.25, 0.3) is 0 Å². The predicted octanol–water partition coefficient (Wildman–Crippen LogP) is 0.416. The van der Waals surface area contributed by atoms with Gasteiger partial charge in [0.1, 0.15) is 5.75 Å². The van der Waals surface area contributed by atoms with Gasteiger partial charge in [0.25, 0.3) is 5.91 Å². The maximum absolute atomic E-state index is 12.5. The molecule has 5 nitrogen and oxygen atoms in total. The Kier molecular flexibility index (Phi) is 4.07. The Hall–Kier alpha value is -1.59. The zero-order valence-corrected chi connectivity index (χ0v) is 11.5. The summed E-state index contributed by atoms with van der Waals surface area (Å²) in [5.41, 5.74) is 7.04. The van der Waals surface area contributed by atoms with E-state index < -0.39 is 0 Å². The summed E-state index contributed by atoms with van der Waals surface area (Å²) in [7, 11) is 2.02. The molecule has 0 aromatic heterocycles. The van der Waals surface area contributed by atoms with Gasteiger partial charge >= 0.3 is 0 Å². The fourth-order valence-corrected chi connectivity index (χ4v) is 2.46. The number of aromatic hydroxyl groups is 1. The van der Waals surface area contributed by atoms with E-state index in [0.29, 0.717) is 18.7 Å². The topological polar surface area (TPSA) is 69.8 Å². The van der Waals surface area contributed by atoms with Gasteiger partial charge in [-0.15, -0.1) is 0 Å². The van der Waals surface area contributed by atoms with Crippen LogP contribution in [0.15, 0.2) is 18.2 Å². The Labute approximate surface area is 113 Å². The molecule has 1 unspecified atom stereocenters. The van der Waals surface area contributed by atoms with Crippen molar-refractivity contribution in [2.75, 3.05) is 33.2 Å². The van der Waals surface area contributed by atoms with Crippen molar-refractivity contribution in [3.05, 3.63) is 29.3 Å². The first-order chi connectivity index (χ1) is 9.02. The summed E-state index contributed by atoms with van der Waals surface area (Å²) in [6.45, 7) is 4.56. The highest BCUT2D eigenvalue weighted by atomic mass is 16.3. The molecule has 5 heteroatoms. The maximum atomic E-state index is 12.5. The van der Waals surface area contributed by atoms with E-state index >= 15 is 0 Å². The average molecular weight is 263 g/mol. The summed E-state index contributed by atoms with van der Waals surface area (Å²) in [5, 5.41) is 9.91. The van der Waals surface area contributed by atoms with E-state index in [1.54, 1.807) is 17.0 Å². The predicted molar refractivity (Wildman–Crippen MR) is 74.2 cm³/mol. The highest BCUT2D eigenvalue weighted by Crippen LogP contribution is 2.22. The fraction of sp³-hybridized carbons (Fsp3) is 0.500. The van der Waals surface area contributed by atoms with Gasteiger partial charge in [0.15, 0.2) is 0 Å². The first-order valence-electron chi connectivity index (χ1n) is 6.52. The molecule has 1 atom stereocenters. The van der Waals surface area contributed by atoms with Crippen molar-refractivity contribution < 1.29 is 9.90 Å². The summed E-state index contributed by atoms with van der Waals surface area (Å²) in [6, 6.07) is 5.13. The zero-order valence-electron chi connectivity index (χ0n) is 11.5. The van der Waals surface area contributed by atoms with Gasteiger partial charge in [-0.3, -0.25) is 4.79 Å². The fourth-order valence-electron chi connectivity index (χ4n) is 2.46. The number of benzene rings is 1. The Morgan fingerprint density at radius 3 is 2.84 bits per heavy atom. The molecule has 0 saturated carbocycles.